The minimum atomic E-state index is -0.379. The Morgan fingerprint density at radius 1 is 1.16 bits per heavy atom. The number of hydrogen-bond donors (Lipinski definition) is 1. The summed E-state index contributed by atoms with van der Waals surface area (Å²) in [5.74, 6) is -0.535. The van der Waals surface area contributed by atoms with Crippen molar-refractivity contribution in [3.63, 3.8) is 0 Å². The molecule has 0 aliphatic heterocycles. The molecule has 25 heavy (non-hydrogen) atoms. The van der Waals surface area contributed by atoms with E-state index in [1.54, 1.807) is 36.2 Å². The molecule has 8 heteroatoms. The van der Waals surface area contributed by atoms with E-state index in [-0.39, 0.29) is 30.0 Å². The van der Waals surface area contributed by atoms with Crippen molar-refractivity contribution in [3.8, 4) is 0 Å². The molecule has 0 unspecified atom stereocenters. The van der Waals surface area contributed by atoms with Gasteiger partial charge in [0.05, 0.1) is 22.7 Å². The average molecular weight is 363 g/mol. The van der Waals surface area contributed by atoms with E-state index >= 15 is 0 Å². The quantitative estimate of drug-likeness (QED) is 0.819. The van der Waals surface area contributed by atoms with Crippen LogP contribution >= 0.6 is 11.3 Å². The van der Waals surface area contributed by atoms with Crippen LogP contribution in [0.25, 0.3) is 0 Å². The van der Waals surface area contributed by atoms with Crippen LogP contribution in [0.5, 0.6) is 0 Å². The van der Waals surface area contributed by atoms with E-state index in [2.05, 4.69) is 5.32 Å². The molecule has 3 amide bonds. The normalized spacial score (nSPS) is 10.4. The highest BCUT2D eigenvalue weighted by Crippen LogP contribution is 2.23. The summed E-state index contributed by atoms with van der Waals surface area (Å²) in [6, 6.07) is 6.46. The first-order valence-corrected chi connectivity index (χ1v) is 8.75. The van der Waals surface area contributed by atoms with Crippen LogP contribution in [-0.4, -0.2) is 54.2 Å². The van der Waals surface area contributed by atoms with Crippen LogP contribution in [0.2, 0.25) is 0 Å². The molecule has 0 spiro atoms. The first kappa shape index (κ1) is 18.7. The summed E-state index contributed by atoms with van der Waals surface area (Å²) in [6.07, 6.45) is 1.42. The maximum Gasteiger partial charge on any atom is 0.291 e. The Labute approximate surface area is 150 Å². The van der Waals surface area contributed by atoms with Crippen molar-refractivity contribution >= 4 is 34.1 Å². The summed E-state index contributed by atoms with van der Waals surface area (Å²) in [4.78, 5) is 40.0. The fourth-order valence-electron chi connectivity index (χ4n) is 2.24. The predicted molar refractivity (Wildman–Crippen MR) is 95.9 cm³/mol. The molecule has 134 valence electrons. The van der Waals surface area contributed by atoms with Crippen LogP contribution in [0.1, 0.15) is 34.1 Å². The molecule has 7 nitrogen and oxygen atoms in total. The Balaban J connectivity index is 1.97. The van der Waals surface area contributed by atoms with Crippen molar-refractivity contribution in [3.05, 3.63) is 41.2 Å². The van der Waals surface area contributed by atoms with Crippen molar-refractivity contribution in [1.82, 2.24) is 9.80 Å². The minimum Gasteiger partial charge on any atom is -0.459 e. The Morgan fingerprint density at radius 3 is 2.48 bits per heavy atom. The van der Waals surface area contributed by atoms with E-state index < -0.39 is 0 Å². The van der Waals surface area contributed by atoms with Gasteiger partial charge >= 0.3 is 0 Å². The van der Waals surface area contributed by atoms with E-state index in [9.17, 15) is 14.4 Å². The standard InChI is InChI=1S/C17H21N3O4S/c1-4-20(5-2)15(21)11-19(3)17(23)13-8-9-14(25-13)18-16(22)12-7-6-10-24-12/h6-10H,4-5,11H2,1-3H3,(H,18,22). The predicted octanol–water partition coefficient (Wildman–Crippen LogP) is 2.53. The molecular formula is C17H21N3O4S. The number of hydrogen-bond acceptors (Lipinski definition) is 5. The van der Waals surface area contributed by atoms with Crippen LogP contribution < -0.4 is 5.32 Å². The molecule has 0 bridgehead atoms. The van der Waals surface area contributed by atoms with Crippen molar-refractivity contribution in [2.75, 3.05) is 32.0 Å². The van der Waals surface area contributed by atoms with E-state index in [4.69, 9.17) is 4.42 Å². The van der Waals surface area contributed by atoms with Crippen LogP contribution in [-0.2, 0) is 4.79 Å². The van der Waals surface area contributed by atoms with Crippen molar-refractivity contribution in [2.45, 2.75) is 13.8 Å². The maximum absolute atomic E-state index is 12.4. The van der Waals surface area contributed by atoms with Crippen LogP contribution in [0.4, 0.5) is 5.00 Å². The topological polar surface area (TPSA) is 82.9 Å². The molecule has 2 aromatic rings. The fraction of sp³-hybridized carbons (Fsp3) is 0.353. The highest BCUT2D eigenvalue weighted by atomic mass is 32.1. The van der Waals surface area contributed by atoms with E-state index in [1.165, 1.54) is 11.2 Å². The Kier molecular flexibility index (Phi) is 6.35. The summed E-state index contributed by atoms with van der Waals surface area (Å²) in [7, 11) is 1.59. The number of rotatable bonds is 7. The van der Waals surface area contributed by atoms with Gasteiger partial charge in [-0.15, -0.1) is 11.3 Å². The summed E-state index contributed by atoms with van der Waals surface area (Å²) >= 11 is 1.15. The minimum absolute atomic E-state index is 0.0203. The highest BCUT2D eigenvalue weighted by molar-refractivity contribution is 7.18. The zero-order chi connectivity index (χ0) is 18.4. The van der Waals surface area contributed by atoms with Gasteiger partial charge in [0.15, 0.2) is 5.76 Å². The van der Waals surface area contributed by atoms with Gasteiger partial charge in [-0.25, -0.2) is 0 Å². The first-order chi connectivity index (χ1) is 12.0. The number of amides is 3. The van der Waals surface area contributed by atoms with E-state index in [0.717, 1.165) is 11.3 Å². The third-order valence-corrected chi connectivity index (χ3v) is 4.62. The molecular weight excluding hydrogens is 342 g/mol. The molecule has 0 atom stereocenters. The summed E-state index contributed by atoms with van der Waals surface area (Å²) in [5.41, 5.74) is 0. The van der Waals surface area contributed by atoms with Crippen molar-refractivity contribution in [1.29, 1.82) is 0 Å². The largest absolute Gasteiger partial charge is 0.459 e. The average Bonchev–Trinajstić information content (AvgIpc) is 3.27. The van der Waals surface area contributed by atoms with Crippen LogP contribution in [0, 0.1) is 0 Å². The van der Waals surface area contributed by atoms with Crippen molar-refractivity contribution < 1.29 is 18.8 Å². The van der Waals surface area contributed by atoms with Gasteiger partial charge in [0.25, 0.3) is 11.8 Å². The summed E-state index contributed by atoms with van der Waals surface area (Å²) in [5, 5.41) is 3.21. The number of thiophene rings is 1. The molecule has 1 N–H and O–H groups in total. The van der Waals surface area contributed by atoms with Gasteiger partial charge in [-0.2, -0.15) is 0 Å². The molecule has 0 saturated carbocycles. The molecule has 2 aromatic heterocycles. The molecule has 0 radical (unpaired) electrons. The number of nitrogens with one attached hydrogen (secondary N) is 1. The van der Waals surface area contributed by atoms with Crippen LogP contribution in [0.3, 0.4) is 0 Å². The Hall–Kier alpha value is -2.61. The molecule has 0 fully saturated rings. The molecule has 0 saturated heterocycles. The number of carbonyl (C=O) groups excluding carboxylic acids is 3. The van der Waals surface area contributed by atoms with Gasteiger partial charge in [0, 0.05) is 20.1 Å². The number of anilines is 1. The van der Waals surface area contributed by atoms with Gasteiger partial charge in [-0.3, -0.25) is 14.4 Å². The number of likely N-dealkylation sites (N-methyl/N-ethyl adjacent to an activating group) is 2. The van der Waals surface area contributed by atoms with E-state index in [1.807, 2.05) is 13.8 Å². The summed E-state index contributed by atoms with van der Waals surface area (Å²) < 4.78 is 5.02. The second kappa shape index (κ2) is 8.48. The zero-order valence-corrected chi connectivity index (χ0v) is 15.3. The van der Waals surface area contributed by atoms with Crippen LogP contribution in [0.15, 0.2) is 34.9 Å². The van der Waals surface area contributed by atoms with Gasteiger partial charge in [0.2, 0.25) is 5.91 Å². The lowest BCUT2D eigenvalue weighted by Crippen LogP contribution is -2.40. The molecule has 0 aliphatic rings. The van der Waals surface area contributed by atoms with E-state index in [0.29, 0.717) is 23.0 Å². The molecule has 2 rings (SSSR count). The van der Waals surface area contributed by atoms with Gasteiger partial charge in [-0.05, 0) is 38.1 Å². The fourth-order valence-corrected chi connectivity index (χ4v) is 3.14. The molecule has 2 heterocycles. The second-order valence-electron chi connectivity index (χ2n) is 5.32. The first-order valence-electron chi connectivity index (χ1n) is 7.94. The molecule has 0 aliphatic carbocycles. The number of carbonyl (C=O) groups is 3. The maximum atomic E-state index is 12.4. The molecule has 0 aromatic carbocycles. The Morgan fingerprint density at radius 2 is 1.88 bits per heavy atom. The third kappa shape index (κ3) is 4.69. The van der Waals surface area contributed by atoms with Gasteiger partial charge < -0.3 is 19.5 Å². The van der Waals surface area contributed by atoms with Gasteiger partial charge in [0.1, 0.15) is 0 Å². The van der Waals surface area contributed by atoms with Crippen molar-refractivity contribution in [2.24, 2.45) is 0 Å². The highest BCUT2D eigenvalue weighted by Gasteiger charge is 2.20. The SMILES string of the molecule is CCN(CC)C(=O)CN(C)C(=O)c1ccc(NC(=O)c2ccco2)s1. The zero-order valence-electron chi connectivity index (χ0n) is 14.4. The smallest absolute Gasteiger partial charge is 0.291 e. The monoisotopic (exact) mass is 363 g/mol. The Bertz CT molecular complexity index is 735. The lowest BCUT2D eigenvalue weighted by Gasteiger charge is -2.22. The number of furan rings is 1. The lowest BCUT2D eigenvalue weighted by atomic mass is 10.3. The second-order valence-corrected chi connectivity index (χ2v) is 6.41. The summed E-state index contributed by atoms with van der Waals surface area (Å²) in [6.45, 7) is 5.04. The number of nitrogens with zero attached hydrogens (tertiary/aromatic N) is 2. The lowest BCUT2D eigenvalue weighted by molar-refractivity contribution is -0.131. The third-order valence-electron chi connectivity index (χ3n) is 3.63. The van der Waals surface area contributed by atoms with Gasteiger partial charge in [-0.1, -0.05) is 0 Å².